The number of anilines is 1. The lowest BCUT2D eigenvalue weighted by molar-refractivity contribution is -0.119. The van der Waals surface area contributed by atoms with Crippen LogP contribution in [-0.2, 0) is 28.0 Å². The molecule has 1 atom stereocenters. The fraction of sp³-hybridized carbons (Fsp3) is 0.138. The molecule has 0 aromatic heterocycles. The Balaban J connectivity index is 1.52. The zero-order valence-corrected chi connectivity index (χ0v) is 20.8. The highest BCUT2D eigenvalue weighted by Gasteiger charge is 2.33. The molecule has 0 radical (unpaired) electrons. The van der Waals surface area contributed by atoms with E-state index < -0.39 is 22.0 Å². The number of carbonyl (C=O) groups excluding carboxylic acids is 1. The van der Waals surface area contributed by atoms with Crippen molar-refractivity contribution >= 4 is 21.6 Å². The molecule has 0 bridgehead atoms. The van der Waals surface area contributed by atoms with Crippen LogP contribution in [0.1, 0.15) is 18.1 Å². The molecule has 0 saturated carbocycles. The summed E-state index contributed by atoms with van der Waals surface area (Å²) in [6.45, 7) is 2.05. The van der Waals surface area contributed by atoms with Crippen molar-refractivity contribution in [2.75, 3.05) is 5.32 Å². The second-order valence-electron chi connectivity index (χ2n) is 8.32. The largest absolute Gasteiger partial charge is 0.489 e. The van der Waals surface area contributed by atoms with E-state index in [2.05, 4.69) is 5.32 Å². The Morgan fingerprint density at radius 1 is 0.806 bits per heavy atom. The summed E-state index contributed by atoms with van der Waals surface area (Å²) in [5.41, 5.74) is 2.34. The minimum Gasteiger partial charge on any atom is -0.489 e. The van der Waals surface area contributed by atoms with Gasteiger partial charge in [-0.15, -0.1) is 0 Å². The number of ether oxygens (including phenoxy) is 1. The van der Waals surface area contributed by atoms with Crippen LogP contribution in [0.5, 0.6) is 5.75 Å². The maximum Gasteiger partial charge on any atom is 0.244 e. The molecule has 1 amide bonds. The zero-order chi connectivity index (χ0) is 25.4. The summed E-state index contributed by atoms with van der Waals surface area (Å²) in [4.78, 5) is 13.4. The minimum absolute atomic E-state index is 0.0624. The van der Waals surface area contributed by atoms with E-state index in [0.717, 1.165) is 11.1 Å². The molecule has 0 aliphatic heterocycles. The summed E-state index contributed by atoms with van der Waals surface area (Å²) in [6, 6.07) is 33.2. The molecule has 0 aliphatic rings. The van der Waals surface area contributed by atoms with Crippen LogP contribution >= 0.6 is 0 Å². The molecule has 1 unspecified atom stereocenters. The van der Waals surface area contributed by atoms with Crippen molar-refractivity contribution in [2.45, 2.75) is 31.0 Å². The van der Waals surface area contributed by atoms with E-state index in [4.69, 9.17) is 4.74 Å². The van der Waals surface area contributed by atoms with Gasteiger partial charge in [-0.05, 0) is 42.3 Å². The third-order valence-corrected chi connectivity index (χ3v) is 7.62. The van der Waals surface area contributed by atoms with Crippen LogP contribution in [0.2, 0.25) is 0 Å². The molecule has 6 nitrogen and oxygen atoms in total. The molecule has 0 saturated heterocycles. The lowest BCUT2D eigenvalue weighted by Crippen LogP contribution is -2.45. The molecular formula is C29H28N2O4S. The SMILES string of the molecule is CC(C(=O)Nc1cccc(OCc2ccccc2)c1)N(Cc1ccccc1)S(=O)(=O)c1ccccc1. The van der Waals surface area contributed by atoms with Crippen molar-refractivity contribution in [1.29, 1.82) is 0 Å². The second kappa shape index (κ2) is 11.7. The number of rotatable bonds is 10. The Morgan fingerprint density at radius 2 is 1.39 bits per heavy atom. The number of nitrogens with one attached hydrogen (secondary N) is 1. The molecule has 184 valence electrons. The third-order valence-electron chi connectivity index (χ3n) is 5.69. The summed E-state index contributed by atoms with van der Waals surface area (Å²) in [7, 11) is -3.94. The lowest BCUT2D eigenvalue weighted by Gasteiger charge is -2.28. The van der Waals surface area contributed by atoms with E-state index >= 15 is 0 Å². The summed E-state index contributed by atoms with van der Waals surface area (Å²) in [6.07, 6.45) is 0. The van der Waals surface area contributed by atoms with Gasteiger partial charge in [0.15, 0.2) is 0 Å². The predicted octanol–water partition coefficient (Wildman–Crippen LogP) is 5.48. The van der Waals surface area contributed by atoms with Gasteiger partial charge in [0.05, 0.1) is 4.90 Å². The Kier molecular flexibility index (Phi) is 8.15. The number of amides is 1. The van der Waals surface area contributed by atoms with Gasteiger partial charge in [0.25, 0.3) is 0 Å². The molecule has 0 fully saturated rings. The normalized spacial score (nSPS) is 12.2. The monoisotopic (exact) mass is 500 g/mol. The van der Waals surface area contributed by atoms with Gasteiger partial charge in [-0.1, -0.05) is 84.9 Å². The quantitative estimate of drug-likeness (QED) is 0.313. The van der Waals surface area contributed by atoms with Crippen molar-refractivity contribution in [3.8, 4) is 5.75 Å². The highest BCUT2D eigenvalue weighted by molar-refractivity contribution is 7.89. The first kappa shape index (κ1) is 25.2. The summed E-state index contributed by atoms with van der Waals surface area (Å²) in [5, 5.41) is 2.85. The molecule has 0 aliphatic carbocycles. The number of hydrogen-bond donors (Lipinski definition) is 1. The Hall–Kier alpha value is -3.94. The molecule has 36 heavy (non-hydrogen) atoms. The van der Waals surface area contributed by atoms with E-state index in [1.165, 1.54) is 16.4 Å². The Bertz CT molecular complexity index is 1380. The molecule has 7 heteroatoms. The molecular weight excluding hydrogens is 472 g/mol. The maximum absolute atomic E-state index is 13.5. The fourth-order valence-electron chi connectivity index (χ4n) is 3.70. The van der Waals surface area contributed by atoms with Crippen LogP contribution < -0.4 is 10.1 Å². The standard InChI is InChI=1S/C29H28N2O4S/c1-23(29(32)30-26-16-11-17-27(20-26)35-22-25-14-7-3-8-15-25)31(21-24-12-5-2-6-13-24)36(33,34)28-18-9-4-10-19-28/h2-20,23H,21-22H2,1H3,(H,30,32). The molecule has 4 aromatic rings. The topological polar surface area (TPSA) is 75.7 Å². The predicted molar refractivity (Wildman–Crippen MR) is 141 cm³/mol. The van der Waals surface area contributed by atoms with Gasteiger partial charge in [-0.25, -0.2) is 8.42 Å². The molecule has 4 rings (SSSR count). The van der Waals surface area contributed by atoms with Crippen molar-refractivity contribution in [1.82, 2.24) is 4.31 Å². The first-order valence-corrected chi connectivity index (χ1v) is 13.1. The van der Waals surface area contributed by atoms with E-state index in [0.29, 0.717) is 18.0 Å². The van der Waals surface area contributed by atoms with Crippen molar-refractivity contribution in [3.05, 3.63) is 126 Å². The number of carbonyl (C=O) groups is 1. The van der Waals surface area contributed by atoms with Gasteiger partial charge in [0.1, 0.15) is 18.4 Å². The van der Waals surface area contributed by atoms with E-state index in [1.807, 2.05) is 66.7 Å². The summed E-state index contributed by atoms with van der Waals surface area (Å²) >= 11 is 0. The van der Waals surface area contributed by atoms with Crippen LogP contribution in [0.25, 0.3) is 0 Å². The highest BCUT2D eigenvalue weighted by atomic mass is 32.2. The van der Waals surface area contributed by atoms with Crippen LogP contribution in [-0.4, -0.2) is 24.7 Å². The third kappa shape index (κ3) is 6.38. The van der Waals surface area contributed by atoms with Gasteiger partial charge in [-0.3, -0.25) is 4.79 Å². The zero-order valence-electron chi connectivity index (χ0n) is 19.9. The lowest BCUT2D eigenvalue weighted by atomic mass is 10.2. The van der Waals surface area contributed by atoms with Gasteiger partial charge < -0.3 is 10.1 Å². The Labute approximate surface area is 212 Å². The van der Waals surface area contributed by atoms with E-state index in [-0.39, 0.29) is 11.4 Å². The highest BCUT2D eigenvalue weighted by Crippen LogP contribution is 2.23. The molecule has 1 N–H and O–H groups in total. The first-order valence-electron chi connectivity index (χ1n) is 11.6. The number of benzene rings is 4. The van der Waals surface area contributed by atoms with Crippen molar-refractivity contribution in [2.24, 2.45) is 0 Å². The number of sulfonamides is 1. The minimum atomic E-state index is -3.94. The molecule has 0 heterocycles. The fourth-order valence-corrected chi connectivity index (χ4v) is 5.31. The van der Waals surface area contributed by atoms with E-state index in [1.54, 1.807) is 43.3 Å². The van der Waals surface area contributed by atoms with Crippen LogP contribution in [0, 0.1) is 0 Å². The maximum atomic E-state index is 13.5. The van der Waals surface area contributed by atoms with Crippen molar-refractivity contribution < 1.29 is 17.9 Å². The van der Waals surface area contributed by atoms with Crippen LogP contribution in [0.3, 0.4) is 0 Å². The van der Waals surface area contributed by atoms with Crippen molar-refractivity contribution in [3.63, 3.8) is 0 Å². The van der Waals surface area contributed by atoms with Gasteiger partial charge >= 0.3 is 0 Å². The van der Waals surface area contributed by atoms with Gasteiger partial charge in [0.2, 0.25) is 15.9 Å². The summed E-state index contributed by atoms with van der Waals surface area (Å²) in [5.74, 6) is 0.160. The molecule has 4 aromatic carbocycles. The first-order chi connectivity index (χ1) is 17.4. The second-order valence-corrected chi connectivity index (χ2v) is 10.2. The average molecular weight is 501 g/mol. The van der Waals surface area contributed by atoms with E-state index in [9.17, 15) is 13.2 Å². The van der Waals surface area contributed by atoms with Crippen LogP contribution in [0.4, 0.5) is 5.69 Å². The number of nitrogens with zero attached hydrogens (tertiary/aromatic N) is 1. The average Bonchev–Trinajstić information content (AvgIpc) is 2.92. The number of hydrogen-bond acceptors (Lipinski definition) is 4. The summed E-state index contributed by atoms with van der Waals surface area (Å²) < 4.78 is 34.2. The molecule has 0 spiro atoms. The van der Waals surface area contributed by atoms with Crippen LogP contribution in [0.15, 0.2) is 120 Å². The smallest absolute Gasteiger partial charge is 0.244 e. The van der Waals surface area contributed by atoms with Gasteiger partial charge in [0, 0.05) is 18.3 Å². The Morgan fingerprint density at radius 3 is 2.03 bits per heavy atom. The van der Waals surface area contributed by atoms with Gasteiger partial charge in [-0.2, -0.15) is 4.31 Å².